The van der Waals surface area contributed by atoms with Gasteiger partial charge in [0.05, 0.1) is 0 Å². The molecule has 0 spiro atoms. The molecule has 0 aromatic heterocycles. The zero-order valence-electron chi connectivity index (χ0n) is 19.0. The average molecular weight is 361 g/mol. The molecule has 2 bridgehead atoms. The maximum absolute atomic E-state index is 4.27. The van der Waals surface area contributed by atoms with Crippen LogP contribution in [0.4, 0.5) is 0 Å². The van der Waals surface area contributed by atoms with E-state index in [9.17, 15) is 0 Å². The molecule has 2 fully saturated rings. The first kappa shape index (κ1) is 22.0. The summed E-state index contributed by atoms with van der Waals surface area (Å²) in [5.41, 5.74) is 2.42. The minimum Gasteiger partial charge on any atom is -0.100 e. The molecule has 26 heavy (non-hydrogen) atoms. The molecular weight excluding hydrogens is 312 g/mol. The summed E-state index contributed by atoms with van der Waals surface area (Å²) in [5, 5.41) is 0. The first-order chi connectivity index (χ1) is 12.1. The lowest BCUT2D eigenvalue weighted by molar-refractivity contribution is 0.119. The maximum atomic E-state index is 4.27. The van der Waals surface area contributed by atoms with Gasteiger partial charge in [0.1, 0.15) is 0 Å². The first-order valence-corrected chi connectivity index (χ1v) is 11.8. The lowest BCUT2D eigenvalue weighted by atomic mass is 9.66. The molecule has 152 valence electrons. The number of rotatable bonds is 6. The molecule has 0 nitrogen and oxygen atoms in total. The first-order valence-electron chi connectivity index (χ1n) is 11.8. The molecule has 0 amide bonds. The fourth-order valence-corrected chi connectivity index (χ4v) is 6.22. The Morgan fingerprint density at radius 1 is 1.04 bits per heavy atom. The molecule has 0 heteroatoms. The van der Waals surface area contributed by atoms with Crippen LogP contribution in [0, 0.1) is 34.5 Å². The lowest BCUT2D eigenvalue weighted by Crippen LogP contribution is -2.29. The van der Waals surface area contributed by atoms with E-state index in [-0.39, 0.29) is 0 Å². The maximum Gasteiger partial charge on any atom is -0.0292 e. The average Bonchev–Trinajstić information content (AvgIpc) is 2.63. The van der Waals surface area contributed by atoms with Crippen LogP contribution in [0.3, 0.4) is 0 Å². The monoisotopic (exact) mass is 360 g/mol. The normalized spacial score (nSPS) is 34.5. The number of hydrogen-bond acceptors (Lipinski definition) is 0. The summed E-state index contributed by atoms with van der Waals surface area (Å²) in [4.78, 5) is 0. The third-order valence-corrected chi connectivity index (χ3v) is 8.08. The fourth-order valence-electron chi connectivity index (χ4n) is 6.22. The van der Waals surface area contributed by atoms with Crippen LogP contribution in [-0.4, -0.2) is 0 Å². The van der Waals surface area contributed by atoms with E-state index in [2.05, 4.69) is 48.1 Å². The summed E-state index contributed by atoms with van der Waals surface area (Å²) >= 11 is 0. The van der Waals surface area contributed by atoms with Gasteiger partial charge in [0, 0.05) is 0 Å². The minimum absolute atomic E-state index is 0.399. The largest absolute Gasteiger partial charge is 0.100 e. The van der Waals surface area contributed by atoms with Gasteiger partial charge in [-0.2, -0.15) is 0 Å². The number of fused-ring (bicyclic) bond motifs is 3. The Morgan fingerprint density at radius 2 is 1.73 bits per heavy atom. The van der Waals surface area contributed by atoms with Gasteiger partial charge in [-0.15, -0.1) is 6.58 Å². The zero-order chi connectivity index (χ0) is 19.4. The molecule has 0 radical (unpaired) electrons. The quantitative estimate of drug-likeness (QED) is 0.415. The third kappa shape index (κ3) is 6.13. The molecule has 5 atom stereocenters. The molecule has 5 unspecified atom stereocenters. The smallest absolute Gasteiger partial charge is 0.0292 e. The minimum atomic E-state index is 0.399. The molecule has 0 heterocycles. The highest BCUT2D eigenvalue weighted by Crippen LogP contribution is 2.51. The summed E-state index contributed by atoms with van der Waals surface area (Å²) in [5.74, 6) is 3.73. The van der Waals surface area contributed by atoms with Gasteiger partial charge in [0.25, 0.3) is 0 Å². The van der Waals surface area contributed by atoms with Gasteiger partial charge >= 0.3 is 0 Å². The van der Waals surface area contributed by atoms with Crippen LogP contribution in [0.2, 0.25) is 0 Å². The molecule has 0 aliphatic heterocycles. The summed E-state index contributed by atoms with van der Waals surface area (Å²) < 4.78 is 0. The molecule has 0 aromatic rings. The van der Waals surface area contributed by atoms with E-state index >= 15 is 0 Å². The summed E-state index contributed by atoms with van der Waals surface area (Å²) in [6.07, 6.45) is 17.4. The van der Waals surface area contributed by atoms with Crippen molar-refractivity contribution in [2.24, 2.45) is 34.5 Å². The van der Waals surface area contributed by atoms with E-state index in [1.54, 1.807) is 0 Å². The van der Waals surface area contributed by atoms with Crippen molar-refractivity contribution >= 4 is 0 Å². The van der Waals surface area contributed by atoms with Crippen LogP contribution in [0.5, 0.6) is 0 Å². The molecule has 0 aromatic carbocycles. The van der Waals surface area contributed by atoms with Crippen molar-refractivity contribution in [3.8, 4) is 0 Å². The van der Waals surface area contributed by atoms with Gasteiger partial charge in [0.2, 0.25) is 0 Å². The Labute approximate surface area is 165 Å². The molecule has 2 saturated carbocycles. The lowest BCUT2D eigenvalue weighted by Gasteiger charge is -2.39. The highest BCUT2D eigenvalue weighted by atomic mass is 14.4. The third-order valence-electron chi connectivity index (χ3n) is 8.08. The van der Waals surface area contributed by atoms with Gasteiger partial charge in [-0.3, -0.25) is 0 Å². The molecule has 0 saturated heterocycles. The van der Waals surface area contributed by atoms with E-state index in [0.717, 1.165) is 23.7 Å². The molecule has 2 aliphatic rings. The Kier molecular flexibility index (Phi) is 7.87. The summed E-state index contributed by atoms with van der Waals surface area (Å²) in [6.45, 7) is 18.9. The van der Waals surface area contributed by atoms with Crippen molar-refractivity contribution in [3.05, 3.63) is 12.2 Å². The van der Waals surface area contributed by atoms with E-state index in [1.165, 1.54) is 82.6 Å². The number of hydrogen-bond donors (Lipinski definition) is 0. The second-order valence-corrected chi connectivity index (χ2v) is 11.6. The van der Waals surface area contributed by atoms with Crippen LogP contribution < -0.4 is 0 Å². The van der Waals surface area contributed by atoms with Crippen molar-refractivity contribution < 1.29 is 0 Å². The van der Waals surface area contributed by atoms with Gasteiger partial charge in [-0.25, -0.2) is 0 Å². The Balaban J connectivity index is 2.24. The summed E-state index contributed by atoms with van der Waals surface area (Å²) in [7, 11) is 0. The zero-order valence-corrected chi connectivity index (χ0v) is 19.0. The van der Waals surface area contributed by atoms with Crippen LogP contribution in [-0.2, 0) is 0 Å². The van der Waals surface area contributed by atoms with Crippen LogP contribution in [0.1, 0.15) is 119 Å². The van der Waals surface area contributed by atoms with Crippen molar-refractivity contribution in [1.82, 2.24) is 0 Å². The Morgan fingerprint density at radius 3 is 2.35 bits per heavy atom. The van der Waals surface area contributed by atoms with Gasteiger partial charge in [-0.05, 0) is 86.4 Å². The summed E-state index contributed by atoms with van der Waals surface area (Å²) in [6, 6.07) is 0. The topological polar surface area (TPSA) is 0 Å². The predicted octanol–water partition coefficient (Wildman–Crippen LogP) is 8.81. The molecule has 2 rings (SSSR count). The second-order valence-electron chi connectivity index (χ2n) is 11.6. The molecule has 0 N–H and O–H groups in total. The van der Waals surface area contributed by atoms with Crippen molar-refractivity contribution in [1.29, 1.82) is 0 Å². The highest BCUT2D eigenvalue weighted by Gasteiger charge is 2.39. The van der Waals surface area contributed by atoms with Crippen molar-refractivity contribution in [2.75, 3.05) is 0 Å². The van der Waals surface area contributed by atoms with E-state index in [0.29, 0.717) is 10.8 Å². The molecular formula is C26H48. The van der Waals surface area contributed by atoms with Crippen molar-refractivity contribution in [2.45, 2.75) is 119 Å². The fraction of sp³-hybridized carbons (Fsp3) is 0.923. The SMILES string of the molecule is C=C(C)CC(CC1CCC2(C)CCCCC(CCC)C1CC2)C(C)(C)C. The predicted molar refractivity (Wildman–Crippen MR) is 117 cm³/mol. The van der Waals surface area contributed by atoms with Gasteiger partial charge in [0.15, 0.2) is 0 Å². The van der Waals surface area contributed by atoms with E-state index in [1.807, 2.05) is 0 Å². The van der Waals surface area contributed by atoms with Crippen LogP contribution in [0.15, 0.2) is 12.2 Å². The Bertz CT molecular complexity index is 439. The van der Waals surface area contributed by atoms with E-state index < -0.39 is 0 Å². The Hall–Kier alpha value is -0.260. The van der Waals surface area contributed by atoms with Crippen molar-refractivity contribution in [3.63, 3.8) is 0 Å². The number of allylic oxidation sites excluding steroid dienone is 1. The van der Waals surface area contributed by atoms with Gasteiger partial charge < -0.3 is 0 Å². The second kappa shape index (κ2) is 9.29. The standard InChI is InChI=1S/C26H48/c1-8-11-21-12-9-10-15-26(7)16-13-22(24(21)14-17-26)19-23(18-20(2)3)25(4,5)6/h21-24H,2,8-19H2,1,3-7H3. The highest BCUT2D eigenvalue weighted by molar-refractivity contribution is 4.96. The molecule has 2 aliphatic carbocycles. The van der Waals surface area contributed by atoms with Gasteiger partial charge in [-0.1, -0.05) is 72.3 Å². The van der Waals surface area contributed by atoms with Crippen LogP contribution >= 0.6 is 0 Å². The van der Waals surface area contributed by atoms with Crippen LogP contribution in [0.25, 0.3) is 0 Å². The van der Waals surface area contributed by atoms with E-state index in [4.69, 9.17) is 0 Å².